The summed E-state index contributed by atoms with van der Waals surface area (Å²) in [6, 6.07) is 0.779. The van der Waals surface area contributed by atoms with Crippen LogP contribution in [0.3, 0.4) is 0 Å². The van der Waals surface area contributed by atoms with Crippen molar-refractivity contribution in [2.75, 3.05) is 13.7 Å². The Kier molecular flexibility index (Phi) is 5.37. The molecule has 0 bridgehead atoms. The van der Waals surface area contributed by atoms with Gasteiger partial charge in [-0.3, -0.25) is 0 Å². The lowest BCUT2D eigenvalue weighted by Crippen LogP contribution is -2.34. The van der Waals surface area contributed by atoms with Crippen molar-refractivity contribution in [3.05, 3.63) is 15.6 Å². The number of nitrogens with one attached hydrogen (secondary N) is 1. The maximum absolute atomic E-state index is 5.33. The molecule has 108 valence electrons. The minimum Gasteiger partial charge on any atom is -0.384 e. The van der Waals surface area contributed by atoms with Crippen molar-refractivity contribution in [1.82, 2.24) is 10.3 Å². The molecule has 1 aliphatic rings. The molecule has 0 aliphatic heterocycles. The molecule has 1 heterocycles. The molecule has 3 nitrogen and oxygen atoms in total. The first kappa shape index (κ1) is 14.9. The van der Waals surface area contributed by atoms with Gasteiger partial charge in [0.2, 0.25) is 0 Å². The highest BCUT2D eigenvalue weighted by Gasteiger charge is 2.25. The van der Waals surface area contributed by atoms with Gasteiger partial charge in [0.1, 0.15) is 5.01 Å². The van der Waals surface area contributed by atoms with E-state index in [1.54, 1.807) is 7.11 Å². The van der Waals surface area contributed by atoms with E-state index < -0.39 is 0 Å². The smallest absolute Gasteiger partial charge is 0.110 e. The lowest BCUT2D eigenvalue weighted by molar-refractivity contribution is 0.136. The predicted molar refractivity (Wildman–Crippen MR) is 80.8 cm³/mol. The summed E-state index contributed by atoms with van der Waals surface area (Å²) in [6.07, 6.45) is 5.01. The third-order valence-electron chi connectivity index (χ3n) is 3.64. The van der Waals surface area contributed by atoms with Crippen molar-refractivity contribution >= 4 is 11.3 Å². The standard InChI is InChI=1S/C15H26N2OS/c1-10(2)16-14(11(3)9-18-4)15-17-12-7-5-6-8-13(12)19-15/h10-11,14,16H,5-9H2,1-4H3. The number of thiazole rings is 1. The highest BCUT2D eigenvalue weighted by atomic mass is 32.1. The number of aryl methyl sites for hydroxylation is 2. The maximum Gasteiger partial charge on any atom is 0.110 e. The van der Waals surface area contributed by atoms with Crippen molar-refractivity contribution in [2.24, 2.45) is 5.92 Å². The number of hydrogen-bond donors (Lipinski definition) is 1. The Morgan fingerprint density at radius 3 is 2.63 bits per heavy atom. The van der Waals surface area contributed by atoms with Crippen LogP contribution in [0.5, 0.6) is 0 Å². The summed E-state index contributed by atoms with van der Waals surface area (Å²) in [5.41, 5.74) is 1.35. The summed E-state index contributed by atoms with van der Waals surface area (Å²) < 4.78 is 5.33. The van der Waals surface area contributed by atoms with Gasteiger partial charge in [-0.05, 0) is 25.7 Å². The quantitative estimate of drug-likeness (QED) is 0.869. The number of aromatic nitrogens is 1. The third-order valence-corrected chi connectivity index (χ3v) is 4.88. The minimum absolute atomic E-state index is 0.315. The van der Waals surface area contributed by atoms with Gasteiger partial charge in [-0.15, -0.1) is 11.3 Å². The molecule has 0 saturated heterocycles. The fourth-order valence-electron chi connectivity index (χ4n) is 2.70. The van der Waals surface area contributed by atoms with E-state index in [2.05, 4.69) is 26.1 Å². The lowest BCUT2D eigenvalue weighted by Gasteiger charge is -2.25. The van der Waals surface area contributed by atoms with E-state index in [1.165, 1.54) is 41.3 Å². The van der Waals surface area contributed by atoms with Crippen LogP contribution in [0, 0.1) is 5.92 Å². The molecule has 0 radical (unpaired) electrons. The highest BCUT2D eigenvalue weighted by molar-refractivity contribution is 7.11. The molecule has 0 spiro atoms. The largest absolute Gasteiger partial charge is 0.384 e. The molecule has 0 amide bonds. The Labute approximate surface area is 120 Å². The van der Waals surface area contributed by atoms with Gasteiger partial charge < -0.3 is 10.1 Å². The number of fused-ring (bicyclic) bond motifs is 1. The van der Waals surface area contributed by atoms with Gasteiger partial charge in [-0.1, -0.05) is 20.8 Å². The van der Waals surface area contributed by atoms with Crippen LogP contribution in [0.4, 0.5) is 0 Å². The van der Waals surface area contributed by atoms with E-state index in [0.717, 1.165) is 6.61 Å². The van der Waals surface area contributed by atoms with Crippen LogP contribution in [0.2, 0.25) is 0 Å². The van der Waals surface area contributed by atoms with E-state index in [-0.39, 0.29) is 0 Å². The van der Waals surface area contributed by atoms with Gasteiger partial charge in [0.25, 0.3) is 0 Å². The topological polar surface area (TPSA) is 34.1 Å². The maximum atomic E-state index is 5.33. The van der Waals surface area contributed by atoms with Crippen molar-refractivity contribution in [1.29, 1.82) is 0 Å². The van der Waals surface area contributed by atoms with Crippen molar-refractivity contribution in [3.8, 4) is 0 Å². The monoisotopic (exact) mass is 282 g/mol. The van der Waals surface area contributed by atoms with Crippen molar-refractivity contribution < 1.29 is 4.74 Å². The molecular formula is C15H26N2OS. The van der Waals surface area contributed by atoms with Gasteiger partial charge in [-0.2, -0.15) is 0 Å². The van der Waals surface area contributed by atoms with Crippen LogP contribution >= 0.6 is 11.3 Å². The zero-order chi connectivity index (χ0) is 13.8. The van der Waals surface area contributed by atoms with Crippen molar-refractivity contribution in [3.63, 3.8) is 0 Å². The van der Waals surface area contributed by atoms with Crippen LogP contribution in [0.15, 0.2) is 0 Å². The van der Waals surface area contributed by atoms with Crippen LogP contribution in [-0.2, 0) is 17.6 Å². The number of rotatable bonds is 6. The molecule has 1 aromatic rings. The molecule has 2 unspecified atom stereocenters. The third kappa shape index (κ3) is 3.77. The highest BCUT2D eigenvalue weighted by Crippen LogP contribution is 2.33. The molecule has 0 saturated carbocycles. The molecule has 2 atom stereocenters. The SMILES string of the molecule is COCC(C)C(NC(C)C)c1nc2c(s1)CCCC2. The van der Waals surface area contributed by atoms with E-state index >= 15 is 0 Å². The summed E-state index contributed by atoms with van der Waals surface area (Å²) in [5.74, 6) is 0.444. The molecule has 0 fully saturated rings. The number of ether oxygens (including phenoxy) is 1. The van der Waals surface area contributed by atoms with Crippen LogP contribution in [0.25, 0.3) is 0 Å². The van der Waals surface area contributed by atoms with Gasteiger partial charge in [0, 0.05) is 23.9 Å². The Morgan fingerprint density at radius 1 is 1.26 bits per heavy atom. The number of methoxy groups -OCH3 is 1. The second-order valence-corrected chi connectivity index (χ2v) is 6.98. The van der Waals surface area contributed by atoms with E-state index in [9.17, 15) is 0 Å². The van der Waals surface area contributed by atoms with Crippen LogP contribution in [0.1, 0.15) is 55.2 Å². The average molecular weight is 282 g/mol. The second kappa shape index (κ2) is 6.82. The fraction of sp³-hybridized carbons (Fsp3) is 0.800. The first-order valence-electron chi connectivity index (χ1n) is 7.35. The number of hydrogen-bond acceptors (Lipinski definition) is 4. The summed E-state index contributed by atoms with van der Waals surface area (Å²) >= 11 is 1.91. The normalized spacial score (nSPS) is 18.4. The summed E-state index contributed by atoms with van der Waals surface area (Å²) in [7, 11) is 1.77. The first-order valence-corrected chi connectivity index (χ1v) is 8.17. The Bertz CT molecular complexity index is 379. The van der Waals surface area contributed by atoms with Gasteiger partial charge in [0.05, 0.1) is 18.3 Å². The zero-order valence-corrected chi connectivity index (χ0v) is 13.3. The average Bonchev–Trinajstić information content (AvgIpc) is 2.79. The Balaban J connectivity index is 2.19. The molecule has 2 rings (SSSR count). The molecule has 1 N–H and O–H groups in total. The van der Waals surface area contributed by atoms with E-state index in [1.807, 2.05) is 11.3 Å². The summed E-state index contributed by atoms with van der Waals surface area (Å²) in [4.78, 5) is 6.42. The van der Waals surface area contributed by atoms with Crippen LogP contribution < -0.4 is 5.32 Å². The van der Waals surface area contributed by atoms with Crippen LogP contribution in [-0.4, -0.2) is 24.7 Å². The molecule has 1 aromatic heterocycles. The molecule has 1 aliphatic carbocycles. The fourth-order valence-corrected chi connectivity index (χ4v) is 4.05. The van der Waals surface area contributed by atoms with Gasteiger partial charge in [0.15, 0.2) is 0 Å². The molecular weight excluding hydrogens is 256 g/mol. The second-order valence-electron chi connectivity index (χ2n) is 5.86. The molecule has 19 heavy (non-hydrogen) atoms. The van der Waals surface area contributed by atoms with Crippen molar-refractivity contribution in [2.45, 2.75) is 58.5 Å². The van der Waals surface area contributed by atoms with E-state index in [0.29, 0.717) is 18.0 Å². The Hall–Kier alpha value is -0.450. The zero-order valence-electron chi connectivity index (χ0n) is 12.5. The van der Waals surface area contributed by atoms with Gasteiger partial charge in [-0.25, -0.2) is 4.98 Å². The van der Waals surface area contributed by atoms with E-state index in [4.69, 9.17) is 9.72 Å². The minimum atomic E-state index is 0.315. The predicted octanol–water partition coefficient (Wildman–Crippen LogP) is 3.34. The Morgan fingerprint density at radius 2 is 2.00 bits per heavy atom. The summed E-state index contributed by atoms with van der Waals surface area (Å²) in [6.45, 7) is 7.40. The number of nitrogens with zero attached hydrogens (tertiary/aromatic N) is 1. The molecule has 0 aromatic carbocycles. The first-order chi connectivity index (χ1) is 9.11. The van der Waals surface area contributed by atoms with Gasteiger partial charge >= 0.3 is 0 Å². The summed E-state index contributed by atoms with van der Waals surface area (Å²) in [5, 5.41) is 4.91. The lowest BCUT2D eigenvalue weighted by atomic mass is 10.0. The molecule has 4 heteroatoms.